The second-order valence-corrected chi connectivity index (χ2v) is 5.41. The topological polar surface area (TPSA) is 85.7 Å². The van der Waals surface area contributed by atoms with Gasteiger partial charge in [-0.15, -0.1) is 0 Å². The summed E-state index contributed by atoms with van der Waals surface area (Å²) in [5.74, 6) is -0.539. The maximum atomic E-state index is 11.6. The zero-order chi connectivity index (χ0) is 16.3. The molecule has 2 aromatic rings. The quantitative estimate of drug-likeness (QED) is 0.760. The predicted molar refractivity (Wildman–Crippen MR) is 88.7 cm³/mol. The number of methoxy groups -OCH3 is 1. The lowest BCUT2D eigenvalue weighted by Crippen LogP contribution is -1.97. The Balaban J connectivity index is 0.00000264. The fraction of sp³-hybridized carbons (Fsp3) is 0.143. The van der Waals surface area contributed by atoms with E-state index in [4.69, 9.17) is 27.9 Å². The molecule has 1 aromatic heterocycles. The van der Waals surface area contributed by atoms with Gasteiger partial charge in [0.25, 0.3) is 5.91 Å². The van der Waals surface area contributed by atoms with Gasteiger partial charge in [0.15, 0.2) is 0 Å². The Labute approximate surface area is 144 Å². The van der Waals surface area contributed by atoms with Crippen LogP contribution in [-0.2, 0) is 10.5 Å². The van der Waals surface area contributed by atoms with Crippen LogP contribution in [0.1, 0.15) is 17.8 Å². The van der Waals surface area contributed by atoms with Gasteiger partial charge in [-0.05, 0) is 24.3 Å². The van der Waals surface area contributed by atoms with Gasteiger partial charge in [0.1, 0.15) is 10.9 Å². The first-order valence-corrected chi connectivity index (χ1v) is 7.56. The van der Waals surface area contributed by atoms with Crippen LogP contribution in [-0.4, -0.2) is 26.4 Å². The van der Waals surface area contributed by atoms with Gasteiger partial charge in [0.05, 0.1) is 12.1 Å². The van der Waals surface area contributed by atoms with Crippen molar-refractivity contribution in [2.75, 3.05) is 7.11 Å². The predicted octanol–water partition coefficient (Wildman–Crippen LogP) is 3.90. The van der Waals surface area contributed by atoms with Crippen LogP contribution >= 0.6 is 23.2 Å². The van der Waals surface area contributed by atoms with E-state index in [-0.39, 0.29) is 23.2 Å². The fourth-order valence-corrected chi connectivity index (χ4v) is 2.26. The summed E-state index contributed by atoms with van der Waals surface area (Å²) in [6.07, 6.45) is 1.50. The van der Waals surface area contributed by atoms with Crippen LogP contribution in [0.5, 0.6) is 5.75 Å². The lowest BCUT2D eigenvalue weighted by molar-refractivity contribution is 0.100. The summed E-state index contributed by atoms with van der Waals surface area (Å²) in [5.41, 5.74) is 1.33. The van der Waals surface area contributed by atoms with E-state index in [1.54, 1.807) is 12.1 Å². The molecule has 2 rings (SSSR count). The fourth-order valence-electron chi connectivity index (χ4n) is 1.75. The van der Waals surface area contributed by atoms with E-state index in [1.807, 2.05) is 0 Å². The number of hydrogen-bond donors (Lipinski definition) is 0. The second-order valence-electron chi connectivity index (χ2n) is 4.03. The molecule has 0 N–H and O–H groups in total. The van der Waals surface area contributed by atoms with Crippen molar-refractivity contribution in [1.29, 1.82) is 0 Å². The van der Waals surface area contributed by atoms with E-state index in [1.165, 1.54) is 25.4 Å². The number of nitrogens with zero attached hydrogens (tertiary/aromatic N) is 2. The van der Waals surface area contributed by atoms with E-state index in [0.29, 0.717) is 16.9 Å². The van der Waals surface area contributed by atoms with Gasteiger partial charge >= 0.3 is 10.5 Å². The molecule has 0 spiro atoms. The molecule has 0 aliphatic heterocycles. The Bertz CT molecular complexity index is 874. The molecule has 0 aliphatic carbocycles. The normalized spacial score (nSPS) is 9.70. The molecule has 6 nitrogen and oxygen atoms in total. The zero-order valence-electron chi connectivity index (χ0n) is 11.1. The van der Waals surface area contributed by atoms with Crippen molar-refractivity contribution in [3.63, 3.8) is 0 Å². The third-order valence-electron chi connectivity index (χ3n) is 2.71. The van der Waals surface area contributed by atoms with Crippen LogP contribution in [0.25, 0.3) is 11.1 Å². The Morgan fingerprint density at radius 2 is 1.96 bits per heavy atom. The molecule has 0 bridgehead atoms. The van der Waals surface area contributed by atoms with Crippen molar-refractivity contribution in [1.82, 2.24) is 4.98 Å². The molecule has 23 heavy (non-hydrogen) atoms. The molecule has 9 heteroatoms. The van der Waals surface area contributed by atoms with Gasteiger partial charge in [-0.25, -0.2) is 4.98 Å². The first-order valence-electron chi connectivity index (χ1n) is 5.77. The molecular formula is C14H12Cl2N2O4S. The van der Waals surface area contributed by atoms with E-state index >= 15 is 0 Å². The summed E-state index contributed by atoms with van der Waals surface area (Å²) >= 11 is 11.7. The summed E-state index contributed by atoms with van der Waals surface area (Å²) in [5, 5.41) is 0.450. The van der Waals surface area contributed by atoms with Crippen LogP contribution < -0.4 is 4.74 Å². The van der Waals surface area contributed by atoms with Crippen molar-refractivity contribution < 1.29 is 17.9 Å². The number of amides is 1. The molecule has 1 aromatic carbocycles. The molecular weight excluding hydrogens is 363 g/mol. The number of carbonyl (C=O) groups is 1. The molecule has 0 saturated carbocycles. The van der Waals surface area contributed by atoms with Crippen LogP contribution in [0, 0.1) is 0 Å². The highest BCUT2D eigenvalue weighted by Gasteiger charge is 2.13. The number of ether oxygens (including phenoxy) is 1. The number of halogens is 2. The first kappa shape index (κ1) is 19.1. The van der Waals surface area contributed by atoms with Crippen LogP contribution in [0.4, 0.5) is 0 Å². The zero-order valence-corrected chi connectivity index (χ0v) is 13.4. The van der Waals surface area contributed by atoms with Crippen LogP contribution in [0.2, 0.25) is 10.2 Å². The average molecular weight is 375 g/mol. The van der Waals surface area contributed by atoms with Gasteiger partial charge in [-0.3, -0.25) is 4.79 Å². The Kier molecular flexibility index (Phi) is 6.68. The smallest absolute Gasteiger partial charge is 0.319 e. The van der Waals surface area contributed by atoms with Crippen molar-refractivity contribution in [2.24, 2.45) is 4.36 Å². The summed E-state index contributed by atoms with van der Waals surface area (Å²) in [4.78, 5) is 15.5. The summed E-state index contributed by atoms with van der Waals surface area (Å²) < 4.78 is 29.0. The molecule has 0 atom stereocenters. The van der Waals surface area contributed by atoms with Gasteiger partial charge in [-0.2, -0.15) is 8.42 Å². The second kappa shape index (κ2) is 8.05. The third kappa shape index (κ3) is 4.51. The van der Waals surface area contributed by atoms with Gasteiger partial charge in [0, 0.05) is 22.9 Å². The number of rotatable bonds is 3. The highest BCUT2D eigenvalue weighted by Crippen LogP contribution is 2.33. The number of benzene rings is 1. The van der Waals surface area contributed by atoms with Gasteiger partial charge in [-0.1, -0.05) is 35.0 Å². The summed E-state index contributed by atoms with van der Waals surface area (Å²) in [6, 6.07) is 6.00. The Morgan fingerprint density at radius 1 is 1.26 bits per heavy atom. The summed E-state index contributed by atoms with van der Waals surface area (Å²) in [7, 11) is -1.39. The minimum absolute atomic E-state index is 0. The monoisotopic (exact) mass is 374 g/mol. The number of pyridine rings is 1. The number of hydrogen-bond acceptors (Lipinski definition) is 5. The lowest BCUT2D eigenvalue weighted by Gasteiger charge is -2.10. The third-order valence-corrected chi connectivity index (χ3v) is 3.71. The summed E-state index contributed by atoms with van der Waals surface area (Å²) in [6.45, 7) is 0. The minimum atomic E-state index is -2.81. The molecule has 0 unspecified atom stereocenters. The van der Waals surface area contributed by atoms with Crippen molar-refractivity contribution in [3.8, 4) is 16.9 Å². The highest BCUT2D eigenvalue weighted by atomic mass is 35.5. The van der Waals surface area contributed by atoms with Crippen LogP contribution in [0.15, 0.2) is 34.8 Å². The molecule has 0 fully saturated rings. The largest absolute Gasteiger partial charge is 0.496 e. The lowest BCUT2D eigenvalue weighted by atomic mass is 10.0. The standard InChI is InChI=1S/C13H8Cl2N2O4S.CH4/c1-21-11-5-7(13(18)17-22(19)20)2-3-9(11)8-4-10(14)12(15)16-6-8;/h2-6H,1H3;1H4. The SMILES string of the molecule is C.COc1cc(C(=O)N=S(=O)=O)ccc1-c1cnc(Cl)c(Cl)c1. The molecule has 0 radical (unpaired) electrons. The van der Waals surface area contributed by atoms with Gasteiger partial charge in [0.2, 0.25) is 0 Å². The highest BCUT2D eigenvalue weighted by molar-refractivity contribution is 7.62. The van der Waals surface area contributed by atoms with Crippen LogP contribution in [0.3, 0.4) is 0 Å². The number of aromatic nitrogens is 1. The molecule has 0 saturated heterocycles. The van der Waals surface area contributed by atoms with Crippen molar-refractivity contribution >= 4 is 39.6 Å². The van der Waals surface area contributed by atoms with E-state index in [9.17, 15) is 13.2 Å². The molecule has 0 aliphatic rings. The molecule has 1 amide bonds. The van der Waals surface area contributed by atoms with E-state index < -0.39 is 16.4 Å². The first-order chi connectivity index (χ1) is 10.4. The van der Waals surface area contributed by atoms with Crippen molar-refractivity contribution in [3.05, 3.63) is 46.2 Å². The van der Waals surface area contributed by atoms with E-state index in [0.717, 1.165) is 0 Å². The maximum Gasteiger partial charge on any atom is 0.319 e. The van der Waals surface area contributed by atoms with E-state index in [2.05, 4.69) is 9.35 Å². The van der Waals surface area contributed by atoms with Gasteiger partial charge < -0.3 is 4.74 Å². The average Bonchev–Trinajstić information content (AvgIpc) is 2.48. The Hall–Kier alpha value is -1.96. The number of carbonyl (C=O) groups excluding carboxylic acids is 1. The van der Waals surface area contributed by atoms with Crippen molar-refractivity contribution in [2.45, 2.75) is 7.43 Å². The molecule has 1 heterocycles. The maximum absolute atomic E-state index is 11.6. The Morgan fingerprint density at radius 3 is 2.52 bits per heavy atom. The molecule has 122 valence electrons. The minimum Gasteiger partial charge on any atom is -0.496 e.